The minimum Gasteiger partial charge on any atom is -0.456 e. The highest BCUT2D eigenvalue weighted by Gasteiger charge is 2.17. The van der Waals surface area contributed by atoms with E-state index in [-0.39, 0.29) is 0 Å². The summed E-state index contributed by atoms with van der Waals surface area (Å²) in [5.74, 6) is 1.95. The lowest BCUT2D eigenvalue weighted by Crippen LogP contribution is -2.01. The summed E-state index contributed by atoms with van der Waals surface area (Å²) in [5, 5.41) is 4.64. The average molecular weight is 654 g/mol. The predicted molar refractivity (Wildman–Crippen MR) is 209 cm³/mol. The van der Waals surface area contributed by atoms with E-state index in [0.717, 1.165) is 68.2 Å². The Kier molecular flexibility index (Phi) is 6.91. The normalized spacial score (nSPS) is 12.5. The van der Waals surface area contributed by atoms with Crippen molar-refractivity contribution in [3.63, 3.8) is 0 Å². The van der Waals surface area contributed by atoms with Crippen molar-refractivity contribution in [1.29, 1.82) is 0 Å². The SMILES string of the molecule is C1=Cc2cc(-c3nc(-c4ccccc4)nc(-c4cccc(-c5cccc6oc7cc(-c8ccc9ccccc9c8)ccc7c56)c4)n3)ccc2CC1. The van der Waals surface area contributed by atoms with Crippen LogP contribution >= 0.6 is 0 Å². The van der Waals surface area contributed by atoms with Crippen LogP contribution in [0.3, 0.4) is 0 Å². The van der Waals surface area contributed by atoms with Crippen molar-refractivity contribution in [2.45, 2.75) is 12.8 Å². The van der Waals surface area contributed by atoms with E-state index in [0.29, 0.717) is 17.5 Å². The highest BCUT2D eigenvalue weighted by atomic mass is 16.3. The Labute approximate surface area is 295 Å². The minimum atomic E-state index is 0.637. The van der Waals surface area contributed by atoms with Gasteiger partial charge in [0, 0.05) is 27.5 Å². The number of aromatic nitrogens is 3. The first-order valence-corrected chi connectivity index (χ1v) is 17.4. The van der Waals surface area contributed by atoms with Gasteiger partial charge in [0.05, 0.1) is 0 Å². The van der Waals surface area contributed by atoms with Gasteiger partial charge >= 0.3 is 0 Å². The van der Waals surface area contributed by atoms with Gasteiger partial charge < -0.3 is 4.42 Å². The third-order valence-corrected chi connectivity index (χ3v) is 9.96. The fourth-order valence-electron chi connectivity index (χ4n) is 7.36. The highest BCUT2D eigenvalue weighted by molar-refractivity contribution is 6.13. The number of furan rings is 1. The molecule has 0 saturated heterocycles. The van der Waals surface area contributed by atoms with Gasteiger partial charge in [-0.05, 0) is 93.4 Å². The zero-order valence-electron chi connectivity index (χ0n) is 27.8. The number of fused-ring (bicyclic) bond motifs is 5. The number of hydrogen-bond donors (Lipinski definition) is 0. The Balaban J connectivity index is 1.08. The minimum absolute atomic E-state index is 0.637. The van der Waals surface area contributed by atoms with Crippen LogP contribution in [-0.4, -0.2) is 15.0 Å². The molecule has 4 heteroatoms. The van der Waals surface area contributed by atoms with Gasteiger partial charge in [0.1, 0.15) is 11.2 Å². The van der Waals surface area contributed by atoms with Gasteiger partial charge in [-0.1, -0.05) is 127 Å². The fraction of sp³-hybridized carbons (Fsp3) is 0.0426. The molecule has 0 spiro atoms. The predicted octanol–water partition coefficient (Wildman–Crippen LogP) is 12.2. The van der Waals surface area contributed by atoms with Gasteiger partial charge in [-0.25, -0.2) is 15.0 Å². The van der Waals surface area contributed by atoms with Crippen LogP contribution in [0.1, 0.15) is 17.5 Å². The van der Waals surface area contributed by atoms with Gasteiger partial charge in [-0.15, -0.1) is 0 Å². The van der Waals surface area contributed by atoms with Gasteiger partial charge in [-0.3, -0.25) is 0 Å². The zero-order chi connectivity index (χ0) is 33.7. The molecule has 51 heavy (non-hydrogen) atoms. The summed E-state index contributed by atoms with van der Waals surface area (Å²) in [6, 6.07) is 53.1. The number of nitrogens with zero attached hydrogens (tertiary/aromatic N) is 3. The van der Waals surface area contributed by atoms with E-state index < -0.39 is 0 Å². The summed E-state index contributed by atoms with van der Waals surface area (Å²) in [6.45, 7) is 0. The number of aryl methyl sites for hydroxylation is 1. The summed E-state index contributed by atoms with van der Waals surface area (Å²) in [4.78, 5) is 15.1. The molecule has 0 atom stereocenters. The van der Waals surface area contributed by atoms with E-state index in [1.807, 2.05) is 30.3 Å². The Morgan fingerprint density at radius 3 is 2.02 bits per heavy atom. The topological polar surface area (TPSA) is 51.8 Å². The third kappa shape index (κ3) is 5.29. The summed E-state index contributed by atoms with van der Waals surface area (Å²) >= 11 is 0. The molecule has 10 rings (SSSR count). The smallest absolute Gasteiger partial charge is 0.164 e. The number of allylic oxidation sites excluding steroid dienone is 1. The number of hydrogen-bond acceptors (Lipinski definition) is 4. The fourth-order valence-corrected chi connectivity index (χ4v) is 7.36. The molecular formula is C47H31N3O. The second-order valence-corrected chi connectivity index (χ2v) is 13.2. The van der Waals surface area contributed by atoms with Crippen LogP contribution in [0.15, 0.2) is 162 Å². The van der Waals surface area contributed by atoms with Crippen LogP contribution in [0.2, 0.25) is 0 Å². The Morgan fingerprint density at radius 2 is 1.14 bits per heavy atom. The lowest BCUT2D eigenvalue weighted by atomic mass is 9.95. The van der Waals surface area contributed by atoms with Crippen molar-refractivity contribution in [1.82, 2.24) is 15.0 Å². The molecule has 240 valence electrons. The summed E-state index contributed by atoms with van der Waals surface area (Å²) in [6.07, 6.45) is 6.57. The largest absolute Gasteiger partial charge is 0.456 e. The van der Waals surface area contributed by atoms with Crippen molar-refractivity contribution >= 4 is 38.8 Å². The Bertz CT molecular complexity index is 2810. The molecule has 0 aliphatic heterocycles. The van der Waals surface area contributed by atoms with Crippen molar-refractivity contribution in [2.75, 3.05) is 0 Å². The van der Waals surface area contributed by atoms with Crippen LogP contribution < -0.4 is 0 Å². The molecule has 4 nitrogen and oxygen atoms in total. The van der Waals surface area contributed by atoms with E-state index in [1.54, 1.807) is 0 Å². The van der Waals surface area contributed by atoms with Crippen LogP contribution in [0.4, 0.5) is 0 Å². The van der Waals surface area contributed by atoms with Crippen molar-refractivity contribution in [2.24, 2.45) is 0 Å². The molecule has 2 heterocycles. The van der Waals surface area contributed by atoms with Gasteiger partial charge in [0.15, 0.2) is 17.5 Å². The van der Waals surface area contributed by atoms with Gasteiger partial charge in [0.2, 0.25) is 0 Å². The van der Waals surface area contributed by atoms with E-state index in [2.05, 4.69) is 133 Å². The molecular weight excluding hydrogens is 623 g/mol. The van der Waals surface area contributed by atoms with Crippen molar-refractivity contribution < 1.29 is 4.42 Å². The van der Waals surface area contributed by atoms with Crippen LogP contribution in [0.25, 0.3) is 95.2 Å². The molecule has 0 fully saturated rings. The third-order valence-electron chi connectivity index (χ3n) is 9.96. The first-order valence-electron chi connectivity index (χ1n) is 17.4. The first kappa shape index (κ1) is 29.3. The van der Waals surface area contributed by atoms with E-state index in [4.69, 9.17) is 19.4 Å². The zero-order valence-corrected chi connectivity index (χ0v) is 27.8. The Hall–Kier alpha value is -6.65. The average Bonchev–Trinajstić information content (AvgIpc) is 3.59. The van der Waals surface area contributed by atoms with E-state index in [1.165, 1.54) is 27.5 Å². The van der Waals surface area contributed by atoms with Gasteiger partial charge in [-0.2, -0.15) is 0 Å². The first-order chi connectivity index (χ1) is 25.2. The number of rotatable bonds is 5. The molecule has 9 aromatic rings. The second-order valence-electron chi connectivity index (χ2n) is 13.2. The molecule has 7 aromatic carbocycles. The maximum Gasteiger partial charge on any atom is 0.164 e. The summed E-state index contributed by atoms with van der Waals surface area (Å²) < 4.78 is 6.51. The molecule has 0 saturated carbocycles. The van der Waals surface area contributed by atoms with Crippen LogP contribution in [-0.2, 0) is 6.42 Å². The molecule has 1 aliphatic rings. The van der Waals surface area contributed by atoms with E-state index >= 15 is 0 Å². The summed E-state index contributed by atoms with van der Waals surface area (Å²) in [7, 11) is 0. The van der Waals surface area contributed by atoms with E-state index in [9.17, 15) is 0 Å². The highest BCUT2D eigenvalue weighted by Crippen LogP contribution is 2.39. The molecule has 2 aromatic heterocycles. The molecule has 0 bridgehead atoms. The van der Waals surface area contributed by atoms with Crippen LogP contribution in [0.5, 0.6) is 0 Å². The molecule has 0 amide bonds. The molecule has 1 aliphatic carbocycles. The molecule has 0 unspecified atom stereocenters. The quantitative estimate of drug-likeness (QED) is 0.185. The Morgan fingerprint density at radius 1 is 0.451 bits per heavy atom. The molecule has 0 radical (unpaired) electrons. The monoisotopic (exact) mass is 653 g/mol. The lowest BCUT2D eigenvalue weighted by molar-refractivity contribution is 0.669. The standard InChI is InChI=1S/C47H31N3O/c1-2-12-32(13-3-1)45-48-46(50-47(49-45)39-23-21-31-11-5-7-15-34(31)27-39)38-17-8-16-37(28-38)40-18-9-19-42-44(40)41-25-24-36(29-43(41)51-42)35-22-20-30-10-4-6-14-33(30)26-35/h1-4,6-10,12-29H,5,11H2. The summed E-state index contributed by atoms with van der Waals surface area (Å²) in [5.41, 5.74) is 11.7. The van der Waals surface area contributed by atoms with Crippen LogP contribution in [0, 0.1) is 0 Å². The number of benzene rings is 7. The molecule has 0 N–H and O–H groups in total. The maximum atomic E-state index is 6.51. The van der Waals surface area contributed by atoms with Gasteiger partial charge in [0.25, 0.3) is 0 Å². The second kappa shape index (κ2) is 12.0. The van der Waals surface area contributed by atoms with Crippen molar-refractivity contribution in [3.05, 3.63) is 169 Å². The lowest BCUT2D eigenvalue weighted by Gasteiger charge is -2.13. The maximum absolute atomic E-state index is 6.51. The van der Waals surface area contributed by atoms with Crippen molar-refractivity contribution in [3.8, 4) is 56.4 Å².